The van der Waals surface area contributed by atoms with E-state index in [2.05, 4.69) is 0 Å². The van der Waals surface area contributed by atoms with Crippen molar-refractivity contribution >= 4 is 0 Å². The molecule has 0 bridgehead atoms. The van der Waals surface area contributed by atoms with Crippen molar-refractivity contribution in [3.8, 4) is 0 Å². The molecule has 0 unspecified atom stereocenters. The van der Waals surface area contributed by atoms with E-state index in [0.29, 0.717) is 6.42 Å². The summed E-state index contributed by atoms with van der Waals surface area (Å²) in [5.74, 6) is -0.697. The molecule has 1 aliphatic rings. The lowest BCUT2D eigenvalue weighted by Crippen LogP contribution is -2.28. The summed E-state index contributed by atoms with van der Waals surface area (Å²) in [6.45, 7) is -0.0744. The highest BCUT2D eigenvalue weighted by molar-refractivity contribution is 4.76. The molecule has 0 amide bonds. The zero-order valence-corrected chi connectivity index (χ0v) is 6.47. The van der Waals surface area contributed by atoms with E-state index in [0.717, 1.165) is 19.3 Å². The first kappa shape index (κ1) is 8.91. The molecule has 1 saturated carbocycles. The van der Waals surface area contributed by atoms with Gasteiger partial charge >= 0.3 is 0 Å². The summed E-state index contributed by atoms with van der Waals surface area (Å²) in [5, 5.41) is 8.78. The van der Waals surface area contributed by atoms with Crippen LogP contribution in [0.25, 0.3) is 0 Å². The number of rotatable bonds is 2. The van der Waals surface area contributed by atoms with Crippen LogP contribution >= 0.6 is 0 Å². The van der Waals surface area contributed by atoms with E-state index in [1.54, 1.807) is 0 Å². The Morgan fingerprint density at radius 2 is 1.91 bits per heavy atom. The summed E-state index contributed by atoms with van der Waals surface area (Å²) in [6, 6.07) is 0. The lowest BCUT2D eigenvalue weighted by Gasteiger charge is -2.29. The van der Waals surface area contributed by atoms with Gasteiger partial charge in [-0.2, -0.15) is 0 Å². The molecule has 0 aliphatic heterocycles. The van der Waals surface area contributed by atoms with E-state index < -0.39 is 12.3 Å². The molecule has 0 aromatic rings. The molecule has 1 rings (SSSR count). The lowest BCUT2D eigenvalue weighted by atomic mass is 9.80. The van der Waals surface area contributed by atoms with E-state index in [1.165, 1.54) is 0 Å². The highest BCUT2D eigenvalue weighted by Gasteiger charge is 2.31. The van der Waals surface area contributed by atoms with Crippen LogP contribution in [0.5, 0.6) is 0 Å². The van der Waals surface area contributed by atoms with Crippen molar-refractivity contribution in [2.45, 2.75) is 32.1 Å². The summed E-state index contributed by atoms with van der Waals surface area (Å²) in [4.78, 5) is 0. The predicted molar refractivity (Wildman–Crippen MR) is 38.5 cm³/mol. The molecular weight excluding hydrogens is 150 g/mol. The molecule has 1 fully saturated rings. The topological polar surface area (TPSA) is 20.2 Å². The van der Waals surface area contributed by atoms with Crippen molar-refractivity contribution in [1.29, 1.82) is 0 Å². The molecule has 0 saturated heterocycles. The van der Waals surface area contributed by atoms with Crippen molar-refractivity contribution in [3.05, 3.63) is 0 Å². The number of aliphatic hydroxyl groups is 1. The van der Waals surface area contributed by atoms with Gasteiger partial charge in [-0.05, 0) is 18.8 Å². The average Bonchev–Trinajstić information content (AvgIpc) is 2.04. The fourth-order valence-electron chi connectivity index (χ4n) is 1.79. The molecule has 1 N–H and O–H groups in total. The van der Waals surface area contributed by atoms with Crippen LogP contribution in [-0.4, -0.2) is 18.1 Å². The van der Waals surface area contributed by atoms with Gasteiger partial charge in [-0.25, -0.2) is 8.78 Å². The summed E-state index contributed by atoms with van der Waals surface area (Å²) < 4.78 is 24.5. The summed E-state index contributed by atoms with van der Waals surface area (Å²) in [5.41, 5.74) is 0. The molecule has 66 valence electrons. The standard InChI is InChI=1S/C8H14F2O/c9-8(10)7-4-2-1-3-6(7)5-11/h6-8,11H,1-5H2/t6-,7+/m0/s1. The van der Waals surface area contributed by atoms with E-state index in [9.17, 15) is 8.78 Å². The van der Waals surface area contributed by atoms with Crippen LogP contribution in [0.3, 0.4) is 0 Å². The molecule has 0 radical (unpaired) electrons. The van der Waals surface area contributed by atoms with Crippen LogP contribution in [0.1, 0.15) is 25.7 Å². The van der Waals surface area contributed by atoms with E-state index in [-0.39, 0.29) is 12.5 Å². The van der Waals surface area contributed by atoms with Crippen molar-refractivity contribution in [2.24, 2.45) is 11.8 Å². The Balaban J connectivity index is 2.44. The molecule has 0 heterocycles. The monoisotopic (exact) mass is 164 g/mol. The number of hydrogen-bond donors (Lipinski definition) is 1. The van der Waals surface area contributed by atoms with E-state index in [4.69, 9.17) is 5.11 Å². The third kappa shape index (κ3) is 2.12. The zero-order chi connectivity index (χ0) is 8.27. The smallest absolute Gasteiger partial charge is 0.241 e. The van der Waals surface area contributed by atoms with Gasteiger partial charge in [-0.3, -0.25) is 0 Å². The summed E-state index contributed by atoms with van der Waals surface area (Å²) in [7, 11) is 0. The Kier molecular flexibility index (Phi) is 3.24. The second-order valence-corrected chi connectivity index (χ2v) is 3.23. The maximum absolute atomic E-state index is 12.2. The first-order valence-electron chi connectivity index (χ1n) is 4.14. The lowest BCUT2D eigenvalue weighted by molar-refractivity contribution is 0.00169. The maximum Gasteiger partial charge on any atom is 0.241 e. The quantitative estimate of drug-likeness (QED) is 0.662. The first-order valence-corrected chi connectivity index (χ1v) is 4.14. The Labute approximate surface area is 65.4 Å². The molecule has 3 heteroatoms. The molecule has 2 atom stereocenters. The van der Waals surface area contributed by atoms with Crippen LogP contribution in [0.4, 0.5) is 8.78 Å². The SMILES string of the molecule is OC[C@@H]1CCCC[C@H]1C(F)F. The van der Waals surface area contributed by atoms with Crippen LogP contribution in [0.15, 0.2) is 0 Å². The predicted octanol–water partition coefficient (Wildman–Crippen LogP) is 2.05. The number of aliphatic hydroxyl groups excluding tert-OH is 1. The van der Waals surface area contributed by atoms with Crippen molar-refractivity contribution in [1.82, 2.24) is 0 Å². The third-order valence-corrected chi connectivity index (χ3v) is 2.53. The van der Waals surface area contributed by atoms with Gasteiger partial charge in [0.2, 0.25) is 6.43 Å². The highest BCUT2D eigenvalue weighted by atomic mass is 19.3. The Hall–Kier alpha value is -0.180. The number of halogens is 2. The molecular formula is C8H14F2O. The van der Waals surface area contributed by atoms with Crippen LogP contribution in [0, 0.1) is 11.8 Å². The fraction of sp³-hybridized carbons (Fsp3) is 1.00. The van der Waals surface area contributed by atoms with Crippen molar-refractivity contribution in [3.63, 3.8) is 0 Å². The van der Waals surface area contributed by atoms with Gasteiger partial charge in [0.1, 0.15) is 0 Å². The largest absolute Gasteiger partial charge is 0.396 e. The van der Waals surface area contributed by atoms with Gasteiger partial charge in [-0.1, -0.05) is 12.8 Å². The van der Waals surface area contributed by atoms with Crippen molar-refractivity contribution < 1.29 is 13.9 Å². The Morgan fingerprint density at radius 1 is 1.27 bits per heavy atom. The van der Waals surface area contributed by atoms with Gasteiger partial charge in [0.05, 0.1) is 0 Å². The Bertz CT molecular complexity index is 117. The molecule has 1 nitrogen and oxygen atoms in total. The normalized spacial score (nSPS) is 32.7. The molecule has 11 heavy (non-hydrogen) atoms. The molecule has 0 spiro atoms. The van der Waals surface area contributed by atoms with E-state index in [1.807, 2.05) is 0 Å². The van der Waals surface area contributed by atoms with Crippen LogP contribution < -0.4 is 0 Å². The van der Waals surface area contributed by atoms with Gasteiger partial charge in [-0.15, -0.1) is 0 Å². The van der Waals surface area contributed by atoms with Crippen molar-refractivity contribution in [2.75, 3.05) is 6.61 Å². The number of hydrogen-bond acceptors (Lipinski definition) is 1. The first-order chi connectivity index (χ1) is 5.25. The molecule has 0 aromatic carbocycles. The Morgan fingerprint density at radius 3 is 2.36 bits per heavy atom. The number of alkyl halides is 2. The van der Waals surface area contributed by atoms with E-state index >= 15 is 0 Å². The average molecular weight is 164 g/mol. The second-order valence-electron chi connectivity index (χ2n) is 3.23. The maximum atomic E-state index is 12.2. The third-order valence-electron chi connectivity index (χ3n) is 2.53. The van der Waals surface area contributed by atoms with Gasteiger partial charge in [0, 0.05) is 12.5 Å². The van der Waals surface area contributed by atoms with Gasteiger partial charge < -0.3 is 5.11 Å². The fourth-order valence-corrected chi connectivity index (χ4v) is 1.79. The minimum Gasteiger partial charge on any atom is -0.396 e. The minimum atomic E-state index is -2.24. The molecule has 0 aromatic heterocycles. The van der Waals surface area contributed by atoms with Gasteiger partial charge in [0.15, 0.2) is 0 Å². The highest BCUT2D eigenvalue weighted by Crippen LogP contribution is 2.33. The molecule has 1 aliphatic carbocycles. The zero-order valence-electron chi connectivity index (χ0n) is 6.47. The minimum absolute atomic E-state index is 0.0744. The van der Waals surface area contributed by atoms with Crippen LogP contribution in [-0.2, 0) is 0 Å². The van der Waals surface area contributed by atoms with Gasteiger partial charge in [0.25, 0.3) is 0 Å². The second kappa shape index (κ2) is 4.00. The van der Waals surface area contributed by atoms with Crippen LogP contribution in [0.2, 0.25) is 0 Å². The summed E-state index contributed by atoms with van der Waals surface area (Å²) in [6.07, 6.45) is 1.00. The summed E-state index contributed by atoms with van der Waals surface area (Å²) >= 11 is 0.